The number of rotatable bonds is 7. The number of ether oxygens (including phenoxy) is 4. The number of benzene rings is 1. The van der Waals surface area contributed by atoms with E-state index in [1.165, 1.54) is 0 Å². The molecule has 1 aromatic rings. The highest BCUT2D eigenvalue weighted by molar-refractivity contribution is 5.34. The van der Waals surface area contributed by atoms with Gasteiger partial charge >= 0.3 is 0 Å². The van der Waals surface area contributed by atoms with Crippen LogP contribution in [0.5, 0.6) is 5.75 Å². The minimum atomic E-state index is -0.384. The maximum atomic E-state index is 5.98. The monoisotopic (exact) mass is 280 g/mol. The average molecular weight is 280 g/mol. The highest BCUT2D eigenvalue weighted by atomic mass is 16.7. The Hall–Kier alpha value is -1.10. The van der Waals surface area contributed by atoms with E-state index in [1.807, 2.05) is 38.1 Å². The smallest absolute Gasteiger partial charge is 0.199 e. The molecule has 4 heteroatoms. The third kappa shape index (κ3) is 4.20. The molecule has 20 heavy (non-hydrogen) atoms. The Morgan fingerprint density at radius 2 is 1.90 bits per heavy atom. The molecule has 0 aliphatic carbocycles. The van der Waals surface area contributed by atoms with Crippen molar-refractivity contribution >= 4 is 0 Å². The summed E-state index contributed by atoms with van der Waals surface area (Å²) in [5, 5.41) is 0. The van der Waals surface area contributed by atoms with Crippen LogP contribution in [0.3, 0.4) is 0 Å². The molecule has 0 N–H and O–H groups in total. The van der Waals surface area contributed by atoms with E-state index in [2.05, 4.69) is 0 Å². The first-order valence-electron chi connectivity index (χ1n) is 7.45. The Labute approximate surface area is 121 Å². The van der Waals surface area contributed by atoms with Gasteiger partial charge in [-0.2, -0.15) is 0 Å². The van der Waals surface area contributed by atoms with Crippen LogP contribution in [0.2, 0.25) is 0 Å². The van der Waals surface area contributed by atoms with E-state index in [0.717, 1.165) is 37.2 Å². The van der Waals surface area contributed by atoms with Gasteiger partial charge in [-0.25, -0.2) is 0 Å². The Bertz CT molecular complexity index is 382. The summed E-state index contributed by atoms with van der Waals surface area (Å²) in [6, 6.07) is 7.85. The van der Waals surface area contributed by atoms with Gasteiger partial charge in [0.05, 0.1) is 6.61 Å². The molecule has 1 saturated heterocycles. The summed E-state index contributed by atoms with van der Waals surface area (Å²) in [5.74, 6) is 0.784. The zero-order valence-corrected chi connectivity index (χ0v) is 12.3. The number of hydrogen-bond acceptors (Lipinski definition) is 4. The molecule has 2 rings (SSSR count). The molecule has 0 amide bonds. The summed E-state index contributed by atoms with van der Waals surface area (Å²) >= 11 is 0. The molecule has 0 bridgehead atoms. The van der Waals surface area contributed by atoms with Crippen molar-refractivity contribution in [1.82, 2.24) is 0 Å². The van der Waals surface area contributed by atoms with Gasteiger partial charge in [0.1, 0.15) is 5.75 Å². The van der Waals surface area contributed by atoms with Gasteiger partial charge in [0, 0.05) is 25.2 Å². The Morgan fingerprint density at radius 1 is 1.15 bits per heavy atom. The highest BCUT2D eigenvalue weighted by Crippen LogP contribution is 2.30. The zero-order valence-electron chi connectivity index (χ0n) is 12.3. The first kappa shape index (κ1) is 15.3. The van der Waals surface area contributed by atoms with Crippen molar-refractivity contribution in [2.75, 3.05) is 19.8 Å². The summed E-state index contributed by atoms with van der Waals surface area (Å²) < 4.78 is 22.9. The lowest BCUT2D eigenvalue weighted by Crippen LogP contribution is -2.25. The van der Waals surface area contributed by atoms with Gasteiger partial charge in [0.2, 0.25) is 0 Å². The van der Waals surface area contributed by atoms with Crippen molar-refractivity contribution < 1.29 is 18.9 Å². The van der Waals surface area contributed by atoms with Gasteiger partial charge in [-0.3, -0.25) is 0 Å². The molecule has 0 aromatic heterocycles. The molecule has 0 radical (unpaired) electrons. The van der Waals surface area contributed by atoms with Crippen LogP contribution < -0.4 is 4.74 Å². The predicted octanol–water partition coefficient (Wildman–Crippen LogP) is 3.66. The second-order valence-electron chi connectivity index (χ2n) is 4.69. The molecule has 1 aliphatic rings. The largest absolute Gasteiger partial charge is 0.464 e. The molecule has 0 spiro atoms. The van der Waals surface area contributed by atoms with Crippen molar-refractivity contribution in [3.63, 3.8) is 0 Å². The van der Waals surface area contributed by atoms with Crippen LogP contribution in [0, 0.1) is 0 Å². The van der Waals surface area contributed by atoms with E-state index < -0.39 is 0 Å². The molecule has 1 fully saturated rings. The lowest BCUT2D eigenvalue weighted by atomic mass is 10.1. The van der Waals surface area contributed by atoms with Crippen LogP contribution in [0.15, 0.2) is 24.3 Å². The standard InChI is InChI=1S/C16H24O4/c1-3-17-16(18-4-2)13-9-5-6-10-14(13)20-15-11-7-8-12-19-15/h5-6,9-10,15-16H,3-4,7-8,11-12H2,1-2H3. The molecule has 1 aliphatic heterocycles. The van der Waals surface area contributed by atoms with E-state index in [-0.39, 0.29) is 12.6 Å². The van der Waals surface area contributed by atoms with E-state index >= 15 is 0 Å². The van der Waals surface area contributed by atoms with Gasteiger partial charge in [-0.15, -0.1) is 0 Å². The number of hydrogen-bond donors (Lipinski definition) is 0. The van der Waals surface area contributed by atoms with Crippen LogP contribution in [0.25, 0.3) is 0 Å². The van der Waals surface area contributed by atoms with Crippen LogP contribution in [-0.2, 0) is 14.2 Å². The van der Waals surface area contributed by atoms with Crippen molar-refractivity contribution in [2.45, 2.75) is 45.7 Å². The summed E-state index contributed by atoms with van der Waals surface area (Å²) in [5.41, 5.74) is 0.922. The Kier molecular flexibility index (Phi) is 6.30. The first-order chi connectivity index (χ1) is 9.85. The van der Waals surface area contributed by atoms with Gasteiger partial charge < -0.3 is 18.9 Å². The van der Waals surface area contributed by atoms with E-state index in [4.69, 9.17) is 18.9 Å². The summed E-state index contributed by atoms with van der Waals surface area (Å²) in [7, 11) is 0. The van der Waals surface area contributed by atoms with Crippen LogP contribution >= 0.6 is 0 Å². The maximum Gasteiger partial charge on any atom is 0.199 e. The van der Waals surface area contributed by atoms with Gasteiger partial charge in [-0.05, 0) is 32.8 Å². The fraction of sp³-hybridized carbons (Fsp3) is 0.625. The average Bonchev–Trinajstić information content (AvgIpc) is 2.49. The fourth-order valence-corrected chi connectivity index (χ4v) is 2.26. The van der Waals surface area contributed by atoms with Crippen LogP contribution in [-0.4, -0.2) is 26.1 Å². The van der Waals surface area contributed by atoms with Crippen molar-refractivity contribution in [3.8, 4) is 5.75 Å². The van der Waals surface area contributed by atoms with Crippen molar-refractivity contribution in [3.05, 3.63) is 29.8 Å². The van der Waals surface area contributed by atoms with Crippen molar-refractivity contribution in [2.24, 2.45) is 0 Å². The minimum absolute atomic E-state index is 0.159. The lowest BCUT2D eigenvalue weighted by Gasteiger charge is -2.26. The predicted molar refractivity (Wildman–Crippen MR) is 76.7 cm³/mol. The first-order valence-corrected chi connectivity index (χ1v) is 7.45. The molecule has 1 atom stereocenters. The molecule has 4 nitrogen and oxygen atoms in total. The lowest BCUT2D eigenvalue weighted by molar-refractivity contribution is -0.145. The summed E-state index contributed by atoms with van der Waals surface area (Å²) in [6.07, 6.45) is 2.65. The normalized spacial score (nSPS) is 19.2. The van der Waals surface area contributed by atoms with Gasteiger partial charge in [0.15, 0.2) is 12.6 Å². The Balaban J connectivity index is 2.10. The molecule has 1 unspecified atom stereocenters. The van der Waals surface area contributed by atoms with Gasteiger partial charge in [0.25, 0.3) is 0 Å². The third-order valence-corrected chi connectivity index (χ3v) is 3.21. The van der Waals surface area contributed by atoms with E-state index in [1.54, 1.807) is 0 Å². The molecule has 1 aromatic carbocycles. The second-order valence-corrected chi connectivity index (χ2v) is 4.69. The van der Waals surface area contributed by atoms with E-state index in [9.17, 15) is 0 Å². The molecule has 1 heterocycles. The highest BCUT2D eigenvalue weighted by Gasteiger charge is 2.21. The van der Waals surface area contributed by atoms with Crippen LogP contribution in [0.4, 0.5) is 0 Å². The molecular weight excluding hydrogens is 256 g/mol. The van der Waals surface area contributed by atoms with Crippen molar-refractivity contribution in [1.29, 1.82) is 0 Å². The SMILES string of the molecule is CCOC(OCC)c1ccccc1OC1CCCCO1. The quantitative estimate of drug-likeness (QED) is 0.714. The summed E-state index contributed by atoms with van der Waals surface area (Å²) in [4.78, 5) is 0. The topological polar surface area (TPSA) is 36.9 Å². The summed E-state index contributed by atoms with van der Waals surface area (Å²) in [6.45, 7) is 5.88. The van der Waals surface area contributed by atoms with E-state index in [0.29, 0.717) is 13.2 Å². The minimum Gasteiger partial charge on any atom is -0.464 e. The molecule has 112 valence electrons. The maximum absolute atomic E-state index is 5.98. The third-order valence-electron chi connectivity index (χ3n) is 3.21. The number of para-hydroxylation sites is 1. The Morgan fingerprint density at radius 3 is 2.55 bits per heavy atom. The molecular formula is C16H24O4. The van der Waals surface area contributed by atoms with Crippen LogP contribution in [0.1, 0.15) is 45.0 Å². The second kappa shape index (κ2) is 8.25. The fourth-order valence-electron chi connectivity index (χ4n) is 2.26. The zero-order chi connectivity index (χ0) is 14.2. The van der Waals surface area contributed by atoms with Gasteiger partial charge in [-0.1, -0.05) is 18.2 Å². The molecule has 0 saturated carbocycles.